The summed E-state index contributed by atoms with van der Waals surface area (Å²) in [6.07, 6.45) is 4.09. The van der Waals surface area contributed by atoms with Crippen molar-refractivity contribution in [3.05, 3.63) is 48.3 Å². The minimum Gasteiger partial charge on any atom is -0.489 e. The van der Waals surface area contributed by atoms with Crippen LogP contribution in [0.5, 0.6) is 5.75 Å². The molecule has 2 aromatic rings. The summed E-state index contributed by atoms with van der Waals surface area (Å²) in [7, 11) is 0. The molecular weight excluding hydrogens is 212 g/mol. The van der Waals surface area contributed by atoms with Crippen LogP contribution >= 0.6 is 0 Å². The Bertz CT molecular complexity index is 449. The van der Waals surface area contributed by atoms with Crippen molar-refractivity contribution in [2.24, 2.45) is 0 Å². The highest BCUT2D eigenvalue weighted by atomic mass is 16.5. The van der Waals surface area contributed by atoms with Gasteiger partial charge in [0.1, 0.15) is 5.75 Å². The largest absolute Gasteiger partial charge is 0.489 e. The van der Waals surface area contributed by atoms with E-state index in [2.05, 4.69) is 16.4 Å². The fraction of sp³-hybridized carbons (Fsp3) is 0.286. The average molecular weight is 230 g/mol. The lowest BCUT2D eigenvalue weighted by molar-refractivity contribution is 0.243. The van der Waals surface area contributed by atoms with E-state index in [1.54, 1.807) is 0 Å². The fourth-order valence-corrected chi connectivity index (χ4v) is 1.64. The molecule has 0 bridgehead atoms. The molecule has 0 fully saturated rings. The van der Waals surface area contributed by atoms with Crippen LogP contribution in [0.15, 0.2) is 42.7 Å². The molecule has 3 nitrogen and oxygen atoms in total. The summed E-state index contributed by atoms with van der Waals surface area (Å²) in [5.74, 6) is 0.901. The molecule has 0 atom stereocenters. The van der Waals surface area contributed by atoms with E-state index in [0.717, 1.165) is 18.0 Å². The van der Waals surface area contributed by atoms with Crippen LogP contribution in [-0.2, 0) is 6.54 Å². The zero-order valence-corrected chi connectivity index (χ0v) is 10.2. The topological polar surface area (TPSA) is 37.0 Å². The molecule has 1 aromatic heterocycles. The molecule has 90 valence electrons. The smallest absolute Gasteiger partial charge is 0.142 e. The summed E-state index contributed by atoms with van der Waals surface area (Å²) in [5.41, 5.74) is 2.26. The summed E-state index contributed by atoms with van der Waals surface area (Å²) in [6.45, 7) is 4.86. The molecule has 0 amide bonds. The fourth-order valence-electron chi connectivity index (χ4n) is 1.64. The number of aromatic amines is 1. The van der Waals surface area contributed by atoms with E-state index in [1.807, 2.05) is 50.5 Å². The Morgan fingerprint density at radius 1 is 1.24 bits per heavy atom. The van der Waals surface area contributed by atoms with E-state index in [4.69, 9.17) is 4.74 Å². The van der Waals surface area contributed by atoms with Gasteiger partial charge < -0.3 is 15.0 Å². The van der Waals surface area contributed by atoms with Crippen molar-refractivity contribution in [2.75, 3.05) is 5.32 Å². The molecule has 3 heteroatoms. The van der Waals surface area contributed by atoms with E-state index in [-0.39, 0.29) is 6.10 Å². The van der Waals surface area contributed by atoms with Crippen LogP contribution in [0.3, 0.4) is 0 Å². The standard InChI is InChI=1S/C14H18N2O/c1-11(2)17-14-6-4-3-5-13(14)16-10-12-7-8-15-9-12/h3-9,11,15-16H,10H2,1-2H3. The molecule has 0 saturated carbocycles. The number of rotatable bonds is 5. The summed E-state index contributed by atoms with van der Waals surface area (Å²) < 4.78 is 5.74. The van der Waals surface area contributed by atoms with Gasteiger partial charge in [0.2, 0.25) is 0 Å². The first-order valence-electron chi connectivity index (χ1n) is 5.87. The molecule has 2 N–H and O–H groups in total. The highest BCUT2D eigenvalue weighted by molar-refractivity contribution is 5.56. The third-order valence-electron chi connectivity index (χ3n) is 2.40. The molecule has 0 spiro atoms. The Labute approximate surface area is 102 Å². The number of H-pyrrole nitrogens is 1. The number of benzene rings is 1. The number of hydrogen-bond acceptors (Lipinski definition) is 2. The molecule has 0 aliphatic rings. The summed E-state index contributed by atoms with van der Waals surface area (Å²) in [5, 5.41) is 3.38. The first-order valence-corrected chi connectivity index (χ1v) is 5.87. The molecule has 0 radical (unpaired) electrons. The van der Waals surface area contributed by atoms with E-state index < -0.39 is 0 Å². The Balaban J connectivity index is 2.04. The van der Waals surface area contributed by atoms with E-state index in [1.165, 1.54) is 5.56 Å². The second-order valence-corrected chi connectivity index (χ2v) is 4.24. The van der Waals surface area contributed by atoms with Gasteiger partial charge in [0.25, 0.3) is 0 Å². The highest BCUT2D eigenvalue weighted by Crippen LogP contribution is 2.25. The molecular formula is C14H18N2O. The first kappa shape index (κ1) is 11.6. The number of para-hydroxylation sites is 2. The second-order valence-electron chi connectivity index (χ2n) is 4.24. The third kappa shape index (κ3) is 3.28. The number of nitrogens with one attached hydrogen (secondary N) is 2. The normalized spacial score (nSPS) is 10.5. The Hall–Kier alpha value is -1.90. The van der Waals surface area contributed by atoms with E-state index >= 15 is 0 Å². The third-order valence-corrected chi connectivity index (χ3v) is 2.40. The maximum Gasteiger partial charge on any atom is 0.142 e. The molecule has 2 rings (SSSR count). The van der Waals surface area contributed by atoms with Crippen molar-refractivity contribution in [3.8, 4) is 5.75 Å². The summed E-state index contributed by atoms with van der Waals surface area (Å²) >= 11 is 0. The number of anilines is 1. The monoisotopic (exact) mass is 230 g/mol. The zero-order valence-electron chi connectivity index (χ0n) is 10.2. The van der Waals surface area contributed by atoms with Gasteiger partial charge in [-0.2, -0.15) is 0 Å². The first-order chi connectivity index (χ1) is 8.25. The van der Waals surface area contributed by atoms with Gasteiger partial charge in [0.05, 0.1) is 11.8 Å². The maximum atomic E-state index is 5.74. The van der Waals surface area contributed by atoms with Crippen molar-refractivity contribution in [1.82, 2.24) is 4.98 Å². The molecule has 0 unspecified atom stereocenters. The molecule has 0 aliphatic carbocycles. The molecule has 0 saturated heterocycles. The van der Waals surface area contributed by atoms with Crippen molar-refractivity contribution in [3.63, 3.8) is 0 Å². The van der Waals surface area contributed by atoms with Crippen LogP contribution in [0.2, 0.25) is 0 Å². The van der Waals surface area contributed by atoms with Crippen LogP contribution < -0.4 is 10.1 Å². The van der Waals surface area contributed by atoms with Crippen LogP contribution in [0.25, 0.3) is 0 Å². The van der Waals surface area contributed by atoms with Crippen molar-refractivity contribution >= 4 is 5.69 Å². The zero-order chi connectivity index (χ0) is 12.1. The van der Waals surface area contributed by atoms with Crippen LogP contribution in [0.1, 0.15) is 19.4 Å². The summed E-state index contributed by atoms with van der Waals surface area (Å²) in [6, 6.07) is 10.1. The average Bonchev–Trinajstić information content (AvgIpc) is 2.80. The van der Waals surface area contributed by atoms with Crippen molar-refractivity contribution < 1.29 is 4.74 Å². The van der Waals surface area contributed by atoms with Gasteiger partial charge in [0.15, 0.2) is 0 Å². The maximum absolute atomic E-state index is 5.74. The van der Waals surface area contributed by atoms with Crippen LogP contribution in [-0.4, -0.2) is 11.1 Å². The Kier molecular flexibility index (Phi) is 3.70. The summed E-state index contributed by atoms with van der Waals surface area (Å²) in [4.78, 5) is 3.04. The van der Waals surface area contributed by atoms with Gasteiger partial charge in [-0.1, -0.05) is 12.1 Å². The van der Waals surface area contributed by atoms with Crippen molar-refractivity contribution in [2.45, 2.75) is 26.5 Å². The van der Waals surface area contributed by atoms with Gasteiger partial charge in [-0.05, 0) is 37.6 Å². The van der Waals surface area contributed by atoms with E-state index in [9.17, 15) is 0 Å². The van der Waals surface area contributed by atoms with Gasteiger partial charge in [0, 0.05) is 18.9 Å². The molecule has 1 aromatic carbocycles. The van der Waals surface area contributed by atoms with Gasteiger partial charge in [-0.3, -0.25) is 0 Å². The van der Waals surface area contributed by atoms with Gasteiger partial charge in [-0.25, -0.2) is 0 Å². The van der Waals surface area contributed by atoms with Gasteiger partial charge >= 0.3 is 0 Å². The predicted molar refractivity (Wildman–Crippen MR) is 70.3 cm³/mol. The quantitative estimate of drug-likeness (QED) is 0.825. The van der Waals surface area contributed by atoms with E-state index in [0.29, 0.717) is 0 Å². The number of aromatic nitrogens is 1. The SMILES string of the molecule is CC(C)Oc1ccccc1NCc1cc[nH]c1. The van der Waals surface area contributed by atoms with Crippen molar-refractivity contribution in [1.29, 1.82) is 0 Å². The minimum absolute atomic E-state index is 0.185. The number of ether oxygens (including phenoxy) is 1. The lowest BCUT2D eigenvalue weighted by Crippen LogP contribution is -2.08. The second kappa shape index (κ2) is 5.43. The van der Waals surface area contributed by atoms with Crippen LogP contribution in [0, 0.1) is 0 Å². The Morgan fingerprint density at radius 3 is 2.76 bits per heavy atom. The lowest BCUT2D eigenvalue weighted by Gasteiger charge is -2.15. The molecule has 17 heavy (non-hydrogen) atoms. The molecule has 0 aliphatic heterocycles. The van der Waals surface area contributed by atoms with Gasteiger partial charge in [-0.15, -0.1) is 0 Å². The highest BCUT2D eigenvalue weighted by Gasteiger charge is 2.04. The van der Waals surface area contributed by atoms with Crippen LogP contribution in [0.4, 0.5) is 5.69 Å². The Morgan fingerprint density at radius 2 is 2.06 bits per heavy atom. The minimum atomic E-state index is 0.185. The number of hydrogen-bond donors (Lipinski definition) is 2. The lowest BCUT2D eigenvalue weighted by atomic mass is 10.2. The predicted octanol–water partition coefficient (Wildman–Crippen LogP) is 3.41. The molecule has 1 heterocycles.